The second-order valence-electron chi connectivity index (χ2n) is 2.34. The van der Waals surface area contributed by atoms with E-state index >= 15 is 0 Å². The second kappa shape index (κ2) is 5.77. The topological polar surface area (TPSA) is 24.4 Å². The fourth-order valence-electron chi connectivity index (χ4n) is 0.813. The highest BCUT2D eigenvalue weighted by Crippen LogP contribution is 2.20. The lowest BCUT2D eigenvalue weighted by atomic mass is 10.3. The summed E-state index contributed by atoms with van der Waals surface area (Å²) in [6, 6.07) is 4.46. The van der Waals surface area contributed by atoms with Gasteiger partial charge in [0.15, 0.2) is 5.17 Å². The molecule has 1 N–H and O–H groups in total. The molecule has 0 atom stereocenters. The van der Waals surface area contributed by atoms with Crippen LogP contribution in [0, 0.1) is 5.82 Å². The molecule has 2 nitrogen and oxygen atoms in total. The molecule has 0 aliphatic heterocycles. The van der Waals surface area contributed by atoms with E-state index in [1.807, 2.05) is 29.1 Å². The number of rotatable bonds is 1. The van der Waals surface area contributed by atoms with E-state index in [-0.39, 0.29) is 5.82 Å². The van der Waals surface area contributed by atoms with Gasteiger partial charge in [-0.25, -0.2) is 4.39 Å². The highest BCUT2D eigenvalue weighted by atomic mass is 127. The van der Waals surface area contributed by atoms with Crippen molar-refractivity contribution in [1.82, 2.24) is 0 Å². The molecule has 1 aromatic carbocycles. The van der Waals surface area contributed by atoms with E-state index in [0.29, 0.717) is 15.9 Å². The third kappa shape index (κ3) is 3.29. The van der Waals surface area contributed by atoms with Crippen LogP contribution in [-0.4, -0.2) is 11.4 Å². The third-order valence-electron chi connectivity index (χ3n) is 1.44. The fraction of sp³-hybridized carbons (Fsp3) is 0.125. The Kier molecular flexibility index (Phi) is 4.97. The summed E-state index contributed by atoms with van der Waals surface area (Å²) in [5.74, 6) is -0.385. The maximum atomic E-state index is 13.3. The molecule has 0 spiro atoms. The summed E-state index contributed by atoms with van der Waals surface area (Å²) < 4.78 is 17.2. The molecule has 0 bridgehead atoms. The molecule has 0 saturated carbocycles. The zero-order chi connectivity index (χ0) is 10.6. The lowest BCUT2D eigenvalue weighted by molar-refractivity contribution is 0.632. The minimum atomic E-state index is -0.385. The molecule has 0 aliphatic carbocycles. The van der Waals surface area contributed by atoms with Crippen molar-refractivity contribution < 1.29 is 4.39 Å². The standard InChI is InChI=1S/C8H7ClFIN2S/c1-14-8(13-11)12-7-3-2-5(9)4-6(7)10/h2-4H,1H3,(H,12,13). The van der Waals surface area contributed by atoms with Crippen molar-refractivity contribution in [1.29, 1.82) is 0 Å². The molecule has 0 saturated heterocycles. The molecule has 0 aliphatic rings. The van der Waals surface area contributed by atoms with Crippen LogP contribution in [0.1, 0.15) is 0 Å². The smallest absolute Gasteiger partial charge is 0.171 e. The van der Waals surface area contributed by atoms with Crippen molar-refractivity contribution >= 4 is 57.1 Å². The predicted molar refractivity (Wildman–Crippen MR) is 70.0 cm³/mol. The summed E-state index contributed by atoms with van der Waals surface area (Å²) in [5.41, 5.74) is 0.374. The first-order valence-corrected chi connectivity index (χ1v) is 6.19. The molecule has 0 fully saturated rings. The number of halogens is 3. The molecule has 0 radical (unpaired) electrons. The number of anilines is 1. The molecule has 0 amide bonds. The molecule has 0 heterocycles. The number of thioether (sulfide) groups is 1. The van der Waals surface area contributed by atoms with Crippen LogP contribution >= 0.6 is 46.2 Å². The largest absolute Gasteiger partial charge is 0.332 e. The van der Waals surface area contributed by atoms with Gasteiger partial charge >= 0.3 is 0 Å². The van der Waals surface area contributed by atoms with Gasteiger partial charge in [0, 0.05) is 5.02 Å². The minimum absolute atomic E-state index is 0.374. The summed E-state index contributed by atoms with van der Waals surface area (Å²) in [4.78, 5) is 0. The van der Waals surface area contributed by atoms with Crippen LogP contribution in [0.15, 0.2) is 21.4 Å². The van der Waals surface area contributed by atoms with Crippen LogP contribution in [-0.2, 0) is 0 Å². The van der Waals surface area contributed by atoms with E-state index < -0.39 is 0 Å². The number of nitrogens with one attached hydrogen (secondary N) is 1. The van der Waals surface area contributed by atoms with Crippen molar-refractivity contribution in [3.63, 3.8) is 0 Å². The van der Waals surface area contributed by atoms with Crippen LogP contribution in [0.3, 0.4) is 0 Å². The first kappa shape index (κ1) is 12.1. The van der Waals surface area contributed by atoms with Gasteiger partial charge in [0.25, 0.3) is 0 Å². The summed E-state index contributed by atoms with van der Waals surface area (Å²) in [7, 11) is 0. The van der Waals surface area contributed by atoms with E-state index in [4.69, 9.17) is 11.6 Å². The zero-order valence-corrected chi connectivity index (χ0v) is 11.0. The molecular formula is C8H7ClFIN2S. The molecule has 1 aromatic rings. The molecule has 6 heteroatoms. The summed E-state index contributed by atoms with van der Waals surface area (Å²) >= 11 is 8.88. The normalized spacial score (nSPS) is 11.6. The van der Waals surface area contributed by atoms with Crippen molar-refractivity contribution in [3.05, 3.63) is 29.0 Å². The first-order valence-electron chi connectivity index (χ1n) is 3.62. The Morgan fingerprint density at radius 3 is 2.86 bits per heavy atom. The van der Waals surface area contributed by atoms with E-state index in [0.717, 1.165) is 0 Å². The van der Waals surface area contributed by atoms with Crippen molar-refractivity contribution in [2.45, 2.75) is 0 Å². The maximum absolute atomic E-state index is 13.3. The molecule has 0 unspecified atom stereocenters. The maximum Gasteiger partial charge on any atom is 0.171 e. The fourth-order valence-corrected chi connectivity index (χ4v) is 1.96. The van der Waals surface area contributed by atoms with E-state index in [9.17, 15) is 4.39 Å². The molecular weight excluding hydrogens is 338 g/mol. The number of nitrogens with zero attached hydrogens (tertiary/aromatic N) is 1. The summed E-state index contributed by atoms with van der Waals surface area (Å²) in [6.07, 6.45) is 1.86. The molecule has 14 heavy (non-hydrogen) atoms. The van der Waals surface area contributed by atoms with E-state index in [1.165, 1.54) is 17.8 Å². The van der Waals surface area contributed by atoms with Gasteiger partial charge in [0.1, 0.15) is 5.82 Å². The summed E-state index contributed by atoms with van der Waals surface area (Å²) in [5, 5.41) is 3.87. The van der Waals surface area contributed by atoms with Crippen LogP contribution in [0.4, 0.5) is 10.1 Å². The van der Waals surface area contributed by atoms with Crippen molar-refractivity contribution in [3.8, 4) is 0 Å². The van der Waals surface area contributed by atoms with Gasteiger partial charge in [-0.3, -0.25) is 0 Å². The Bertz CT molecular complexity index is 359. The Labute approximate surface area is 105 Å². The SMILES string of the molecule is CS/C(=N/I)Nc1ccc(Cl)cc1F. The Morgan fingerprint density at radius 2 is 2.36 bits per heavy atom. The van der Waals surface area contributed by atoms with E-state index in [2.05, 4.69) is 8.52 Å². The monoisotopic (exact) mass is 344 g/mol. The van der Waals surface area contributed by atoms with Crippen molar-refractivity contribution in [2.75, 3.05) is 11.6 Å². The highest BCUT2D eigenvalue weighted by molar-refractivity contribution is 14.1. The lowest BCUT2D eigenvalue weighted by Crippen LogP contribution is -2.07. The molecule has 1 rings (SSSR count). The average molecular weight is 345 g/mol. The third-order valence-corrected chi connectivity index (χ3v) is 3.07. The minimum Gasteiger partial charge on any atom is -0.332 e. The van der Waals surface area contributed by atoms with Gasteiger partial charge in [-0.2, -0.15) is 3.21 Å². The zero-order valence-electron chi connectivity index (χ0n) is 7.22. The Hall–Kier alpha value is -0.0100. The number of benzene rings is 1. The predicted octanol–water partition coefficient (Wildman–Crippen LogP) is 3.96. The van der Waals surface area contributed by atoms with Gasteiger partial charge in [-0.15, -0.1) is 0 Å². The lowest BCUT2D eigenvalue weighted by Gasteiger charge is -2.06. The van der Waals surface area contributed by atoms with Crippen LogP contribution < -0.4 is 5.32 Å². The van der Waals surface area contributed by atoms with E-state index in [1.54, 1.807) is 12.1 Å². The number of hydrogen-bond donors (Lipinski definition) is 1. The van der Waals surface area contributed by atoms with Gasteiger partial charge in [0.2, 0.25) is 0 Å². The number of hydrogen-bond acceptors (Lipinski definition) is 2. The van der Waals surface area contributed by atoms with Gasteiger partial charge < -0.3 is 5.32 Å². The molecule has 76 valence electrons. The average Bonchev–Trinajstić information content (AvgIpc) is 2.17. The Balaban J connectivity index is 2.87. The summed E-state index contributed by atoms with van der Waals surface area (Å²) in [6.45, 7) is 0. The second-order valence-corrected chi connectivity index (χ2v) is 4.06. The molecule has 0 aromatic heterocycles. The Morgan fingerprint density at radius 1 is 1.64 bits per heavy atom. The van der Waals surface area contributed by atoms with Crippen LogP contribution in [0.5, 0.6) is 0 Å². The van der Waals surface area contributed by atoms with Gasteiger partial charge in [-0.05, 0) is 24.5 Å². The first-order chi connectivity index (χ1) is 6.67. The quantitative estimate of drug-likeness (QED) is 0.474. The highest BCUT2D eigenvalue weighted by Gasteiger charge is 2.04. The number of amidine groups is 1. The van der Waals surface area contributed by atoms with Gasteiger partial charge in [0.05, 0.1) is 28.6 Å². The van der Waals surface area contributed by atoms with Gasteiger partial charge in [-0.1, -0.05) is 23.4 Å². The van der Waals surface area contributed by atoms with Crippen molar-refractivity contribution in [2.24, 2.45) is 3.21 Å². The van der Waals surface area contributed by atoms with Crippen LogP contribution in [0.25, 0.3) is 0 Å². The van der Waals surface area contributed by atoms with Crippen LogP contribution in [0.2, 0.25) is 5.02 Å².